The van der Waals surface area contributed by atoms with Crippen molar-refractivity contribution in [2.75, 3.05) is 31.5 Å². The number of carbonyl (C=O) groups excluding carboxylic acids is 2. The largest absolute Gasteiger partial charge is 0.342 e. The summed E-state index contributed by atoms with van der Waals surface area (Å²) in [6.45, 7) is 2.44. The van der Waals surface area contributed by atoms with E-state index < -0.39 is 5.82 Å². The van der Waals surface area contributed by atoms with Crippen LogP contribution >= 0.6 is 0 Å². The highest BCUT2D eigenvalue weighted by molar-refractivity contribution is 5.89. The van der Waals surface area contributed by atoms with Crippen molar-refractivity contribution < 1.29 is 14.0 Å². The van der Waals surface area contributed by atoms with Gasteiger partial charge in [0.05, 0.1) is 0 Å². The highest BCUT2D eigenvalue weighted by Gasteiger charge is 2.23. The Morgan fingerprint density at radius 2 is 2.21 bits per heavy atom. The van der Waals surface area contributed by atoms with E-state index in [2.05, 4.69) is 10.6 Å². The first-order valence-corrected chi connectivity index (χ1v) is 8.36. The molecule has 1 aromatic rings. The number of nitrogens with zero attached hydrogens (tertiary/aromatic N) is 1. The zero-order valence-electron chi connectivity index (χ0n) is 13.8. The fourth-order valence-electron chi connectivity index (χ4n) is 2.85. The molecular formula is C17H25FN4O2. The minimum absolute atomic E-state index is 0.134. The molecule has 0 aromatic heterocycles. The number of piperidine rings is 1. The minimum atomic E-state index is -0.397. The number of hydrogen-bond acceptors (Lipinski definition) is 3. The normalized spacial score (nSPS) is 17.4. The number of benzene rings is 1. The van der Waals surface area contributed by atoms with Gasteiger partial charge in [-0.3, -0.25) is 4.79 Å². The van der Waals surface area contributed by atoms with Crippen LogP contribution in [0, 0.1) is 11.7 Å². The molecule has 132 valence electrons. The van der Waals surface area contributed by atoms with Crippen molar-refractivity contribution in [3.8, 4) is 0 Å². The molecule has 4 N–H and O–H groups in total. The van der Waals surface area contributed by atoms with Crippen LogP contribution < -0.4 is 16.4 Å². The molecule has 1 aliphatic heterocycles. The summed E-state index contributed by atoms with van der Waals surface area (Å²) in [7, 11) is 0. The number of nitrogens with two attached hydrogens (primary N) is 1. The number of anilines is 1. The maximum atomic E-state index is 13.1. The average Bonchev–Trinajstić information content (AvgIpc) is 2.58. The summed E-state index contributed by atoms with van der Waals surface area (Å²) in [6.07, 6.45) is 3.10. The van der Waals surface area contributed by atoms with Crippen molar-refractivity contribution >= 4 is 17.6 Å². The zero-order valence-corrected chi connectivity index (χ0v) is 13.8. The molecule has 3 amide bonds. The Labute approximate surface area is 141 Å². The van der Waals surface area contributed by atoms with Crippen LogP contribution in [0.1, 0.15) is 25.7 Å². The molecule has 24 heavy (non-hydrogen) atoms. The lowest BCUT2D eigenvalue weighted by molar-refractivity contribution is -0.133. The van der Waals surface area contributed by atoms with Crippen molar-refractivity contribution in [1.82, 2.24) is 10.2 Å². The number of likely N-dealkylation sites (tertiary alicyclic amines) is 1. The van der Waals surface area contributed by atoms with E-state index in [0.717, 1.165) is 19.4 Å². The van der Waals surface area contributed by atoms with E-state index in [1.807, 2.05) is 4.90 Å². The lowest BCUT2D eigenvalue weighted by atomic mass is 9.97. The number of hydrogen-bond donors (Lipinski definition) is 3. The van der Waals surface area contributed by atoms with Crippen LogP contribution in [0.25, 0.3) is 0 Å². The first-order chi connectivity index (χ1) is 11.6. The Kier molecular flexibility index (Phi) is 6.99. The molecule has 1 unspecified atom stereocenters. The molecule has 1 aliphatic rings. The van der Waals surface area contributed by atoms with Crippen molar-refractivity contribution in [2.24, 2.45) is 11.7 Å². The maximum Gasteiger partial charge on any atom is 0.319 e. The lowest BCUT2D eigenvalue weighted by Crippen LogP contribution is -2.44. The van der Waals surface area contributed by atoms with E-state index in [1.165, 1.54) is 18.2 Å². The second-order valence-corrected chi connectivity index (χ2v) is 6.09. The quantitative estimate of drug-likeness (QED) is 0.742. The van der Waals surface area contributed by atoms with Crippen LogP contribution in [0.5, 0.6) is 0 Å². The summed E-state index contributed by atoms with van der Waals surface area (Å²) in [5.74, 6) is -0.0279. The minimum Gasteiger partial charge on any atom is -0.342 e. The van der Waals surface area contributed by atoms with E-state index in [1.54, 1.807) is 6.07 Å². The van der Waals surface area contributed by atoms with Gasteiger partial charge >= 0.3 is 6.03 Å². The van der Waals surface area contributed by atoms with Gasteiger partial charge in [-0.1, -0.05) is 6.07 Å². The molecule has 0 aliphatic carbocycles. The molecule has 0 radical (unpaired) electrons. The summed E-state index contributed by atoms with van der Waals surface area (Å²) in [5.41, 5.74) is 5.85. The smallest absolute Gasteiger partial charge is 0.319 e. The van der Waals surface area contributed by atoms with Crippen molar-refractivity contribution in [2.45, 2.75) is 25.7 Å². The average molecular weight is 336 g/mol. The number of halogens is 1. The predicted molar refractivity (Wildman–Crippen MR) is 91.0 cm³/mol. The molecular weight excluding hydrogens is 311 g/mol. The molecule has 2 rings (SSSR count). The first kappa shape index (κ1) is 18.2. The number of amides is 3. The van der Waals surface area contributed by atoms with Crippen molar-refractivity contribution in [1.29, 1.82) is 0 Å². The topological polar surface area (TPSA) is 87.5 Å². The van der Waals surface area contributed by atoms with Gasteiger partial charge in [0.25, 0.3) is 0 Å². The maximum absolute atomic E-state index is 13.1. The number of urea groups is 1. The molecule has 7 heteroatoms. The van der Waals surface area contributed by atoms with Crippen LogP contribution in [0.15, 0.2) is 24.3 Å². The lowest BCUT2D eigenvalue weighted by Gasteiger charge is -2.33. The Morgan fingerprint density at radius 3 is 2.96 bits per heavy atom. The Balaban J connectivity index is 1.74. The molecule has 6 nitrogen and oxygen atoms in total. The standard InChI is InChI=1S/C17H25FN4O2/c18-14-5-1-6-15(10-14)21-17(24)20-11-13-4-3-9-22(12-13)16(23)7-2-8-19/h1,5-6,10,13H,2-4,7-9,11-12,19H2,(H2,20,21,24). The Bertz CT molecular complexity index is 567. The Hall–Kier alpha value is -2.15. The number of carbonyl (C=O) groups is 2. The van der Waals surface area contributed by atoms with E-state index >= 15 is 0 Å². The van der Waals surface area contributed by atoms with Gasteiger partial charge in [-0.15, -0.1) is 0 Å². The van der Waals surface area contributed by atoms with E-state index in [0.29, 0.717) is 38.2 Å². The highest BCUT2D eigenvalue weighted by Crippen LogP contribution is 2.17. The van der Waals surface area contributed by atoms with E-state index in [-0.39, 0.29) is 17.9 Å². The summed E-state index contributed by atoms with van der Waals surface area (Å²) < 4.78 is 13.1. The molecule has 0 bridgehead atoms. The summed E-state index contributed by atoms with van der Waals surface area (Å²) in [5, 5.41) is 5.39. The molecule has 1 fully saturated rings. The third-order valence-electron chi connectivity index (χ3n) is 4.10. The third-order valence-corrected chi connectivity index (χ3v) is 4.10. The van der Waals surface area contributed by atoms with Gasteiger partial charge in [0.15, 0.2) is 0 Å². The molecule has 0 saturated carbocycles. The second kappa shape index (κ2) is 9.22. The van der Waals surface area contributed by atoms with Crippen molar-refractivity contribution in [3.05, 3.63) is 30.1 Å². The predicted octanol–water partition coefficient (Wildman–Crippen LogP) is 1.92. The van der Waals surface area contributed by atoms with Gasteiger partial charge in [0.1, 0.15) is 5.82 Å². The van der Waals surface area contributed by atoms with Crippen LogP contribution in [0.2, 0.25) is 0 Å². The number of nitrogens with one attached hydrogen (secondary N) is 2. The third kappa shape index (κ3) is 5.81. The van der Waals surface area contributed by atoms with Crippen LogP contribution in [-0.4, -0.2) is 43.0 Å². The molecule has 1 heterocycles. The van der Waals surface area contributed by atoms with Crippen molar-refractivity contribution in [3.63, 3.8) is 0 Å². The fraction of sp³-hybridized carbons (Fsp3) is 0.529. The highest BCUT2D eigenvalue weighted by atomic mass is 19.1. The molecule has 1 saturated heterocycles. The molecule has 1 atom stereocenters. The van der Waals surface area contributed by atoms with Gasteiger partial charge in [0.2, 0.25) is 5.91 Å². The van der Waals surface area contributed by atoms with Gasteiger partial charge in [-0.2, -0.15) is 0 Å². The molecule has 0 spiro atoms. The summed E-state index contributed by atoms with van der Waals surface area (Å²) in [6, 6.07) is 5.38. The van der Waals surface area contributed by atoms with Crippen LogP contribution in [-0.2, 0) is 4.79 Å². The first-order valence-electron chi connectivity index (χ1n) is 8.36. The SMILES string of the molecule is NCCCC(=O)N1CCCC(CNC(=O)Nc2cccc(F)c2)C1. The number of rotatable bonds is 6. The van der Waals surface area contributed by atoms with Gasteiger partial charge < -0.3 is 21.3 Å². The van der Waals surface area contributed by atoms with E-state index in [4.69, 9.17) is 5.73 Å². The second-order valence-electron chi connectivity index (χ2n) is 6.09. The summed E-state index contributed by atoms with van der Waals surface area (Å²) in [4.78, 5) is 25.8. The van der Waals surface area contributed by atoms with Crippen LogP contribution in [0.3, 0.4) is 0 Å². The van der Waals surface area contributed by atoms with Gasteiger partial charge in [0, 0.05) is 31.7 Å². The fourth-order valence-corrected chi connectivity index (χ4v) is 2.85. The van der Waals surface area contributed by atoms with Crippen LogP contribution in [0.4, 0.5) is 14.9 Å². The summed E-state index contributed by atoms with van der Waals surface area (Å²) >= 11 is 0. The Morgan fingerprint density at radius 1 is 1.38 bits per heavy atom. The van der Waals surface area contributed by atoms with Gasteiger partial charge in [-0.05, 0) is 49.9 Å². The zero-order chi connectivity index (χ0) is 17.4. The molecule has 1 aromatic carbocycles. The van der Waals surface area contributed by atoms with Gasteiger partial charge in [-0.25, -0.2) is 9.18 Å². The monoisotopic (exact) mass is 336 g/mol. The van der Waals surface area contributed by atoms with E-state index in [9.17, 15) is 14.0 Å².